The van der Waals surface area contributed by atoms with Gasteiger partial charge in [-0.2, -0.15) is 0 Å². The molecule has 0 amide bonds. The monoisotopic (exact) mass is 181 g/mol. The van der Waals surface area contributed by atoms with E-state index in [4.69, 9.17) is 4.84 Å². The molecule has 1 aromatic rings. The molecule has 0 N–H and O–H groups in total. The molecule has 0 saturated heterocycles. The fraction of sp³-hybridized carbons (Fsp3) is 0.556. The Morgan fingerprint density at radius 1 is 1.46 bits per heavy atom. The highest BCUT2D eigenvalue weighted by atomic mass is 16.6. The number of imidazole rings is 1. The van der Waals surface area contributed by atoms with Crippen molar-refractivity contribution in [1.82, 2.24) is 9.55 Å². The molecule has 0 unspecified atom stereocenters. The summed E-state index contributed by atoms with van der Waals surface area (Å²) in [5.74, 6) is 0.840. The second-order valence-corrected chi connectivity index (χ2v) is 3.82. The van der Waals surface area contributed by atoms with Crippen molar-refractivity contribution in [1.29, 1.82) is 0 Å². The van der Waals surface area contributed by atoms with Crippen molar-refractivity contribution < 1.29 is 4.84 Å². The number of nitrogens with zero attached hydrogens (tertiary/aromatic N) is 3. The van der Waals surface area contributed by atoms with Crippen LogP contribution < -0.4 is 0 Å². The van der Waals surface area contributed by atoms with Crippen LogP contribution in [0.5, 0.6) is 0 Å². The normalized spacial score (nSPS) is 13.1. The van der Waals surface area contributed by atoms with Crippen LogP contribution in [-0.4, -0.2) is 22.5 Å². The SMILES string of the molecule is CON=C(n1ccnc1)C(C)(C)C. The third-order valence-corrected chi connectivity index (χ3v) is 1.60. The summed E-state index contributed by atoms with van der Waals surface area (Å²) in [6.07, 6.45) is 5.28. The minimum atomic E-state index is -0.0588. The van der Waals surface area contributed by atoms with Crippen LogP contribution in [0.15, 0.2) is 23.9 Å². The van der Waals surface area contributed by atoms with Crippen LogP contribution in [0.1, 0.15) is 20.8 Å². The van der Waals surface area contributed by atoms with E-state index in [0.29, 0.717) is 0 Å². The van der Waals surface area contributed by atoms with Gasteiger partial charge >= 0.3 is 0 Å². The predicted molar refractivity (Wildman–Crippen MR) is 51.5 cm³/mol. The summed E-state index contributed by atoms with van der Waals surface area (Å²) in [6.45, 7) is 6.22. The van der Waals surface area contributed by atoms with Crippen molar-refractivity contribution in [2.45, 2.75) is 20.8 Å². The summed E-state index contributed by atoms with van der Waals surface area (Å²) in [7, 11) is 1.54. The van der Waals surface area contributed by atoms with Crippen molar-refractivity contribution in [3.63, 3.8) is 0 Å². The zero-order valence-corrected chi connectivity index (χ0v) is 8.48. The number of rotatable bonds is 1. The smallest absolute Gasteiger partial charge is 0.159 e. The number of aromatic nitrogens is 2. The van der Waals surface area contributed by atoms with E-state index in [-0.39, 0.29) is 5.41 Å². The van der Waals surface area contributed by atoms with Gasteiger partial charge in [0, 0.05) is 17.8 Å². The van der Waals surface area contributed by atoms with E-state index in [2.05, 4.69) is 30.9 Å². The van der Waals surface area contributed by atoms with Gasteiger partial charge in [-0.25, -0.2) is 4.98 Å². The summed E-state index contributed by atoms with van der Waals surface area (Å²) < 4.78 is 1.85. The van der Waals surface area contributed by atoms with Crippen LogP contribution in [0.4, 0.5) is 0 Å². The Kier molecular flexibility index (Phi) is 2.70. The molecule has 72 valence electrons. The summed E-state index contributed by atoms with van der Waals surface area (Å²) >= 11 is 0. The molecule has 0 saturated carbocycles. The summed E-state index contributed by atoms with van der Waals surface area (Å²) in [5.41, 5.74) is -0.0588. The van der Waals surface area contributed by atoms with Crippen molar-refractivity contribution in [2.75, 3.05) is 7.11 Å². The van der Waals surface area contributed by atoms with Gasteiger partial charge in [-0.15, -0.1) is 0 Å². The first-order chi connectivity index (χ1) is 6.05. The van der Waals surface area contributed by atoms with Gasteiger partial charge < -0.3 is 4.84 Å². The van der Waals surface area contributed by atoms with Gasteiger partial charge in [0.15, 0.2) is 5.84 Å². The highest BCUT2D eigenvalue weighted by molar-refractivity contribution is 5.88. The zero-order valence-electron chi connectivity index (χ0n) is 8.48. The van der Waals surface area contributed by atoms with E-state index in [1.807, 2.05) is 10.8 Å². The molecule has 0 aliphatic carbocycles. The largest absolute Gasteiger partial charge is 0.398 e. The molecule has 0 aliphatic heterocycles. The van der Waals surface area contributed by atoms with Gasteiger partial charge in [-0.05, 0) is 0 Å². The van der Waals surface area contributed by atoms with Crippen LogP contribution in [0.3, 0.4) is 0 Å². The molecule has 1 heterocycles. The molecular weight excluding hydrogens is 166 g/mol. The number of hydrogen-bond acceptors (Lipinski definition) is 3. The standard InChI is InChI=1S/C9H15N3O/c1-9(2,3)8(11-13-4)12-6-5-10-7-12/h5-7H,1-4H3. The van der Waals surface area contributed by atoms with Crippen LogP contribution in [-0.2, 0) is 4.84 Å². The molecule has 0 bridgehead atoms. The first-order valence-electron chi connectivity index (χ1n) is 4.15. The maximum Gasteiger partial charge on any atom is 0.159 e. The van der Waals surface area contributed by atoms with Crippen LogP contribution in [0, 0.1) is 5.41 Å². The first-order valence-corrected chi connectivity index (χ1v) is 4.15. The Balaban J connectivity index is 3.02. The number of hydrogen-bond donors (Lipinski definition) is 0. The molecule has 0 atom stereocenters. The van der Waals surface area contributed by atoms with E-state index in [1.165, 1.54) is 0 Å². The van der Waals surface area contributed by atoms with Crippen LogP contribution in [0.2, 0.25) is 0 Å². The first kappa shape index (κ1) is 9.77. The van der Waals surface area contributed by atoms with Gasteiger partial charge in [0.05, 0.1) is 0 Å². The lowest BCUT2D eigenvalue weighted by atomic mass is 9.95. The Bertz CT molecular complexity index is 282. The van der Waals surface area contributed by atoms with Crippen molar-refractivity contribution in [3.05, 3.63) is 18.7 Å². The lowest BCUT2D eigenvalue weighted by molar-refractivity contribution is 0.207. The molecule has 0 fully saturated rings. The average Bonchev–Trinajstić information content (AvgIpc) is 2.49. The van der Waals surface area contributed by atoms with Crippen molar-refractivity contribution >= 4 is 5.84 Å². The number of oxime groups is 1. The zero-order chi connectivity index (χ0) is 9.90. The molecule has 13 heavy (non-hydrogen) atoms. The maximum atomic E-state index is 4.79. The lowest BCUT2D eigenvalue weighted by Crippen LogP contribution is -2.27. The Labute approximate surface area is 78.2 Å². The van der Waals surface area contributed by atoms with E-state index in [1.54, 1.807) is 19.6 Å². The van der Waals surface area contributed by atoms with Crippen molar-refractivity contribution in [2.24, 2.45) is 10.6 Å². The van der Waals surface area contributed by atoms with E-state index in [0.717, 1.165) is 5.84 Å². The third-order valence-electron chi connectivity index (χ3n) is 1.60. The quantitative estimate of drug-likeness (QED) is 0.376. The highest BCUT2D eigenvalue weighted by Gasteiger charge is 2.21. The predicted octanol–water partition coefficient (Wildman–Crippen LogP) is 1.74. The molecule has 0 spiro atoms. The third kappa shape index (κ3) is 2.31. The summed E-state index contributed by atoms with van der Waals surface area (Å²) in [5, 5.41) is 3.98. The highest BCUT2D eigenvalue weighted by Crippen LogP contribution is 2.17. The fourth-order valence-electron chi connectivity index (χ4n) is 1.04. The second-order valence-electron chi connectivity index (χ2n) is 3.82. The molecule has 4 heteroatoms. The van der Waals surface area contributed by atoms with Gasteiger partial charge in [0.1, 0.15) is 13.4 Å². The Morgan fingerprint density at radius 2 is 2.15 bits per heavy atom. The minimum absolute atomic E-state index is 0.0588. The summed E-state index contributed by atoms with van der Waals surface area (Å²) in [4.78, 5) is 8.76. The maximum absolute atomic E-state index is 4.79. The van der Waals surface area contributed by atoms with E-state index < -0.39 is 0 Å². The van der Waals surface area contributed by atoms with Crippen molar-refractivity contribution in [3.8, 4) is 0 Å². The van der Waals surface area contributed by atoms with Gasteiger partial charge in [0.25, 0.3) is 0 Å². The van der Waals surface area contributed by atoms with Gasteiger partial charge in [0.2, 0.25) is 0 Å². The summed E-state index contributed by atoms with van der Waals surface area (Å²) in [6, 6.07) is 0. The molecule has 4 nitrogen and oxygen atoms in total. The van der Waals surface area contributed by atoms with Gasteiger partial charge in [-0.3, -0.25) is 4.57 Å². The lowest BCUT2D eigenvalue weighted by Gasteiger charge is -2.20. The molecule has 1 rings (SSSR count). The molecular formula is C9H15N3O. The topological polar surface area (TPSA) is 39.4 Å². The molecule has 0 radical (unpaired) electrons. The van der Waals surface area contributed by atoms with Crippen LogP contribution >= 0.6 is 0 Å². The Hall–Kier alpha value is -1.32. The second kappa shape index (κ2) is 3.60. The molecule has 0 aromatic carbocycles. The van der Waals surface area contributed by atoms with Gasteiger partial charge in [-0.1, -0.05) is 25.9 Å². The fourth-order valence-corrected chi connectivity index (χ4v) is 1.04. The molecule has 1 aromatic heterocycles. The van der Waals surface area contributed by atoms with E-state index >= 15 is 0 Å². The van der Waals surface area contributed by atoms with Crippen LogP contribution in [0.25, 0.3) is 0 Å². The average molecular weight is 181 g/mol. The molecule has 0 aliphatic rings. The Morgan fingerprint density at radius 3 is 2.54 bits per heavy atom. The minimum Gasteiger partial charge on any atom is -0.398 e. The van der Waals surface area contributed by atoms with E-state index in [9.17, 15) is 0 Å².